The molecule has 2 aromatic carbocycles. The summed E-state index contributed by atoms with van der Waals surface area (Å²) in [6, 6.07) is 12.2. The number of amides is 1. The van der Waals surface area contributed by atoms with Gasteiger partial charge in [0.05, 0.1) is 23.8 Å². The van der Waals surface area contributed by atoms with Crippen molar-refractivity contribution in [2.24, 2.45) is 0 Å². The Morgan fingerprint density at radius 3 is 2.31 bits per heavy atom. The van der Waals surface area contributed by atoms with E-state index in [0.717, 1.165) is 10.6 Å². The highest BCUT2D eigenvalue weighted by atomic mass is 32.2. The lowest BCUT2D eigenvalue weighted by Gasteiger charge is -2.20. The van der Waals surface area contributed by atoms with Crippen molar-refractivity contribution in [2.75, 3.05) is 31.3 Å². The number of nitrogens with one attached hydrogen (secondary N) is 1. The number of hydrogen-bond donors (Lipinski definition) is 1. The fourth-order valence-electron chi connectivity index (χ4n) is 2.98. The smallest absolute Gasteiger partial charge is 0.243 e. The second-order valence-electron chi connectivity index (χ2n) is 7.24. The Balaban J connectivity index is 2.13. The molecule has 0 aliphatic rings. The van der Waals surface area contributed by atoms with Gasteiger partial charge in [-0.05, 0) is 56.3 Å². The van der Waals surface area contributed by atoms with Gasteiger partial charge in [-0.1, -0.05) is 13.8 Å². The third-order valence-electron chi connectivity index (χ3n) is 4.59. The van der Waals surface area contributed by atoms with E-state index < -0.39 is 10.0 Å². The van der Waals surface area contributed by atoms with Gasteiger partial charge in [0, 0.05) is 30.2 Å². The number of benzene rings is 2. The van der Waals surface area contributed by atoms with Crippen molar-refractivity contribution in [2.45, 2.75) is 50.0 Å². The molecule has 2 aromatic rings. The molecule has 1 amide bonds. The highest BCUT2D eigenvalue weighted by Gasteiger charge is 2.23. The minimum absolute atomic E-state index is 0.124. The van der Waals surface area contributed by atoms with E-state index >= 15 is 0 Å². The van der Waals surface area contributed by atoms with Gasteiger partial charge in [0.1, 0.15) is 11.5 Å². The summed E-state index contributed by atoms with van der Waals surface area (Å²) in [4.78, 5) is 13.8. The zero-order valence-electron chi connectivity index (χ0n) is 19.3. The van der Waals surface area contributed by atoms with Crippen molar-refractivity contribution in [3.63, 3.8) is 0 Å². The summed E-state index contributed by atoms with van der Waals surface area (Å²) in [5.41, 5.74) is 0.353. The molecule has 0 radical (unpaired) electrons. The van der Waals surface area contributed by atoms with Gasteiger partial charge < -0.3 is 14.8 Å². The summed E-state index contributed by atoms with van der Waals surface area (Å²) in [7, 11) is -2.03. The first-order valence-corrected chi connectivity index (χ1v) is 13.0. The third-order valence-corrected chi connectivity index (χ3v) is 7.65. The number of anilines is 1. The summed E-state index contributed by atoms with van der Waals surface area (Å²) < 4.78 is 38.1. The number of sulfonamides is 1. The number of rotatable bonds is 12. The lowest BCUT2D eigenvalue weighted by atomic mass is 10.2. The SMILES string of the molecule is CCN(CC)S(=O)(=O)c1ccc(OC(C)C)c(NC(=O)CCSc2ccc(OC)cc2)c1. The molecule has 0 fully saturated rings. The van der Waals surface area contributed by atoms with Crippen LogP contribution >= 0.6 is 11.8 Å². The molecular formula is C23H32N2O5S2. The molecule has 0 spiro atoms. The fraction of sp³-hybridized carbons (Fsp3) is 0.435. The molecule has 0 atom stereocenters. The predicted octanol–water partition coefficient (Wildman–Crippen LogP) is 4.63. The Kier molecular flexibility index (Phi) is 9.86. The Morgan fingerprint density at radius 1 is 1.09 bits per heavy atom. The lowest BCUT2D eigenvalue weighted by molar-refractivity contribution is -0.115. The van der Waals surface area contributed by atoms with Gasteiger partial charge in [-0.25, -0.2) is 8.42 Å². The summed E-state index contributed by atoms with van der Waals surface area (Å²) in [5, 5.41) is 2.83. The molecule has 0 saturated heterocycles. The van der Waals surface area contributed by atoms with Gasteiger partial charge in [-0.2, -0.15) is 4.31 Å². The molecule has 1 N–H and O–H groups in total. The van der Waals surface area contributed by atoms with E-state index in [1.165, 1.54) is 16.4 Å². The van der Waals surface area contributed by atoms with Crippen molar-refractivity contribution in [1.29, 1.82) is 0 Å². The maximum atomic E-state index is 12.9. The van der Waals surface area contributed by atoms with Crippen molar-refractivity contribution >= 4 is 33.4 Å². The minimum atomic E-state index is -3.65. The number of methoxy groups -OCH3 is 1. The first-order chi connectivity index (χ1) is 15.2. The fourth-order valence-corrected chi connectivity index (χ4v) is 5.32. The zero-order chi connectivity index (χ0) is 23.7. The summed E-state index contributed by atoms with van der Waals surface area (Å²) in [6.07, 6.45) is 0.145. The maximum Gasteiger partial charge on any atom is 0.243 e. The number of carbonyl (C=O) groups excluding carboxylic acids is 1. The molecule has 32 heavy (non-hydrogen) atoms. The highest BCUT2D eigenvalue weighted by molar-refractivity contribution is 7.99. The van der Waals surface area contributed by atoms with Crippen molar-refractivity contribution in [1.82, 2.24) is 4.31 Å². The van der Waals surface area contributed by atoms with Gasteiger partial charge in [0.2, 0.25) is 15.9 Å². The van der Waals surface area contributed by atoms with Crippen LogP contribution < -0.4 is 14.8 Å². The molecule has 0 heterocycles. The predicted molar refractivity (Wildman–Crippen MR) is 129 cm³/mol. The standard InChI is InChI=1S/C23H32N2O5S2/c1-6-25(7-2)32(27,28)20-12-13-22(30-17(3)4)21(16-20)24-23(26)14-15-31-19-10-8-18(29-5)9-11-19/h8-13,16-17H,6-7,14-15H2,1-5H3,(H,24,26). The minimum Gasteiger partial charge on any atom is -0.497 e. The van der Waals surface area contributed by atoms with Crippen LogP contribution in [0.15, 0.2) is 52.3 Å². The molecular weight excluding hydrogens is 448 g/mol. The monoisotopic (exact) mass is 480 g/mol. The van der Waals surface area contributed by atoms with Crippen LogP contribution in [0.5, 0.6) is 11.5 Å². The number of carbonyl (C=O) groups is 1. The first kappa shape index (κ1) is 26.0. The molecule has 0 bridgehead atoms. The molecule has 0 aliphatic carbocycles. The topological polar surface area (TPSA) is 84.9 Å². The first-order valence-electron chi connectivity index (χ1n) is 10.6. The van der Waals surface area contributed by atoms with Crippen LogP contribution in [0.25, 0.3) is 0 Å². The summed E-state index contributed by atoms with van der Waals surface area (Å²) in [6.45, 7) is 8.07. The van der Waals surface area contributed by atoms with Gasteiger partial charge in [0.25, 0.3) is 0 Å². The van der Waals surface area contributed by atoms with Crippen LogP contribution in [-0.2, 0) is 14.8 Å². The molecule has 0 aromatic heterocycles. The van der Waals surface area contributed by atoms with Gasteiger partial charge in [-0.15, -0.1) is 11.8 Å². The molecule has 2 rings (SSSR count). The molecule has 0 unspecified atom stereocenters. The van der Waals surface area contributed by atoms with Gasteiger partial charge in [0.15, 0.2) is 0 Å². The number of thioether (sulfide) groups is 1. The van der Waals surface area contributed by atoms with Crippen LogP contribution in [0, 0.1) is 0 Å². The third kappa shape index (κ3) is 7.15. The van der Waals surface area contributed by atoms with E-state index in [1.54, 1.807) is 38.8 Å². The van der Waals surface area contributed by atoms with Crippen LogP contribution in [0.4, 0.5) is 5.69 Å². The van der Waals surface area contributed by atoms with Crippen molar-refractivity contribution in [3.8, 4) is 11.5 Å². The van der Waals surface area contributed by atoms with Crippen LogP contribution in [0.3, 0.4) is 0 Å². The Labute approximate surface area is 195 Å². The van der Waals surface area contributed by atoms with Gasteiger partial charge in [-0.3, -0.25) is 4.79 Å². The average Bonchev–Trinajstić information content (AvgIpc) is 2.75. The summed E-state index contributed by atoms with van der Waals surface area (Å²) in [5.74, 6) is 1.59. The molecule has 7 nitrogen and oxygen atoms in total. The van der Waals surface area contributed by atoms with Crippen LogP contribution in [0.1, 0.15) is 34.1 Å². The van der Waals surface area contributed by atoms with E-state index in [9.17, 15) is 13.2 Å². The van der Waals surface area contributed by atoms with E-state index in [2.05, 4.69) is 5.32 Å². The lowest BCUT2D eigenvalue weighted by Crippen LogP contribution is -2.30. The second kappa shape index (κ2) is 12.1. The largest absolute Gasteiger partial charge is 0.497 e. The quantitative estimate of drug-likeness (QED) is 0.446. The van der Waals surface area contributed by atoms with Crippen LogP contribution in [0.2, 0.25) is 0 Å². The van der Waals surface area contributed by atoms with Crippen molar-refractivity contribution in [3.05, 3.63) is 42.5 Å². The van der Waals surface area contributed by atoms with E-state index in [4.69, 9.17) is 9.47 Å². The summed E-state index contributed by atoms with van der Waals surface area (Å²) >= 11 is 1.56. The number of ether oxygens (including phenoxy) is 2. The van der Waals surface area contributed by atoms with Gasteiger partial charge >= 0.3 is 0 Å². The molecule has 9 heteroatoms. The average molecular weight is 481 g/mol. The second-order valence-corrected chi connectivity index (χ2v) is 10.3. The Bertz CT molecular complexity index is 988. The Morgan fingerprint density at radius 2 is 1.75 bits per heavy atom. The maximum absolute atomic E-state index is 12.9. The highest BCUT2D eigenvalue weighted by Crippen LogP contribution is 2.30. The zero-order valence-corrected chi connectivity index (χ0v) is 20.9. The normalized spacial score (nSPS) is 11.6. The molecule has 176 valence electrons. The Hall–Kier alpha value is -2.23. The molecule has 0 saturated carbocycles. The van der Waals surface area contributed by atoms with E-state index in [0.29, 0.717) is 30.3 Å². The van der Waals surface area contributed by atoms with E-state index in [1.807, 2.05) is 38.1 Å². The van der Waals surface area contributed by atoms with E-state index in [-0.39, 0.29) is 23.3 Å². The number of nitrogens with zero attached hydrogens (tertiary/aromatic N) is 1. The van der Waals surface area contributed by atoms with Crippen molar-refractivity contribution < 1.29 is 22.7 Å². The number of hydrogen-bond acceptors (Lipinski definition) is 6. The molecule has 0 aliphatic heterocycles. The van der Waals surface area contributed by atoms with Crippen LogP contribution in [-0.4, -0.2) is 50.7 Å².